The third-order valence-electron chi connectivity index (χ3n) is 5.44. The van der Waals surface area contributed by atoms with Gasteiger partial charge in [0.05, 0.1) is 0 Å². The van der Waals surface area contributed by atoms with E-state index in [-0.39, 0.29) is 30.4 Å². The number of rotatable bonds is 2. The van der Waals surface area contributed by atoms with Crippen LogP contribution >= 0.6 is 12.4 Å². The molecule has 2 unspecified atom stereocenters. The van der Waals surface area contributed by atoms with E-state index in [2.05, 4.69) is 12.1 Å². The van der Waals surface area contributed by atoms with Crippen molar-refractivity contribution in [3.05, 3.63) is 47.7 Å². The molecule has 138 valence electrons. The van der Waals surface area contributed by atoms with Gasteiger partial charge in [-0.1, -0.05) is 36.4 Å². The van der Waals surface area contributed by atoms with E-state index in [0.717, 1.165) is 53.1 Å². The number of hydrogen-bond acceptors (Lipinski definition) is 3. The molecule has 0 spiro atoms. The fraction of sp³-hybridized carbons (Fsp3) is 0.381. The van der Waals surface area contributed by atoms with Crippen LogP contribution in [-0.4, -0.2) is 29.4 Å². The third kappa shape index (κ3) is 2.97. The van der Waals surface area contributed by atoms with Crippen LogP contribution < -0.4 is 5.73 Å². The lowest BCUT2D eigenvalue weighted by Crippen LogP contribution is -2.51. The molecule has 2 atom stereocenters. The molecule has 2 aromatic carbocycles. The van der Waals surface area contributed by atoms with Crippen LogP contribution in [0.5, 0.6) is 0 Å². The average Bonchev–Trinajstić information content (AvgIpc) is 2.98. The molecule has 1 saturated heterocycles. The van der Waals surface area contributed by atoms with Crippen molar-refractivity contribution in [1.29, 1.82) is 0 Å². The fourth-order valence-corrected chi connectivity index (χ4v) is 4.04. The normalized spacial score (nSPS) is 18.7. The molecule has 3 aromatic rings. The molecule has 0 aliphatic carbocycles. The van der Waals surface area contributed by atoms with Crippen LogP contribution in [-0.2, 0) is 0 Å². The smallest absolute Gasteiger partial charge is 0.290 e. The Labute approximate surface area is 159 Å². The minimum atomic E-state index is -0.0326. The SMILES string of the molecule is Cc1c(C(=O)N2CCCCC2C(C)N)oc2c1ccc1ccccc12.Cl. The Morgan fingerprint density at radius 1 is 1.19 bits per heavy atom. The summed E-state index contributed by atoms with van der Waals surface area (Å²) in [4.78, 5) is 15.1. The van der Waals surface area contributed by atoms with E-state index < -0.39 is 0 Å². The highest BCUT2D eigenvalue weighted by molar-refractivity contribution is 6.08. The van der Waals surface area contributed by atoms with Crippen molar-refractivity contribution in [2.45, 2.75) is 45.2 Å². The molecule has 2 heterocycles. The van der Waals surface area contributed by atoms with Gasteiger partial charge in [-0.3, -0.25) is 4.79 Å². The number of hydrogen-bond donors (Lipinski definition) is 1. The van der Waals surface area contributed by atoms with Crippen LogP contribution in [0.4, 0.5) is 0 Å². The quantitative estimate of drug-likeness (QED) is 0.711. The minimum absolute atomic E-state index is 0. The first-order valence-corrected chi connectivity index (χ1v) is 9.05. The van der Waals surface area contributed by atoms with Gasteiger partial charge in [0.15, 0.2) is 5.76 Å². The zero-order chi connectivity index (χ0) is 17.6. The van der Waals surface area contributed by atoms with Crippen molar-refractivity contribution in [3.8, 4) is 0 Å². The standard InChI is InChI=1S/C21H24N2O2.ClH/c1-13-16-11-10-15-7-3-4-8-17(15)20(16)25-19(13)21(24)23-12-6-5-9-18(23)14(2)22;/h3-4,7-8,10-11,14,18H,5-6,9,12,22H2,1-2H3;1H. The van der Waals surface area contributed by atoms with E-state index in [9.17, 15) is 4.79 Å². The summed E-state index contributed by atoms with van der Waals surface area (Å²) in [5.74, 6) is 0.429. The number of piperidine rings is 1. The summed E-state index contributed by atoms with van der Waals surface area (Å²) >= 11 is 0. The molecule has 1 aliphatic rings. The van der Waals surface area contributed by atoms with Crippen LogP contribution in [0.15, 0.2) is 40.8 Å². The number of aryl methyl sites for hydroxylation is 1. The van der Waals surface area contributed by atoms with Crippen LogP contribution in [0.2, 0.25) is 0 Å². The number of carbonyl (C=O) groups is 1. The van der Waals surface area contributed by atoms with Crippen molar-refractivity contribution in [3.63, 3.8) is 0 Å². The summed E-state index contributed by atoms with van der Waals surface area (Å²) in [6.07, 6.45) is 3.11. The van der Waals surface area contributed by atoms with E-state index >= 15 is 0 Å². The number of fused-ring (bicyclic) bond motifs is 3. The van der Waals surface area contributed by atoms with Gasteiger partial charge in [0, 0.05) is 35.0 Å². The molecular weight excluding hydrogens is 348 g/mol. The van der Waals surface area contributed by atoms with Crippen LogP contribution in [0.1, 0.15) is 42.3 Å². The highest BCUT2D eigenvalue weighted by Crippen LogP contribution is 2.33. The number of nitrogens with two attached hydrogens (primary N) is 1. The largest absolute Gasteiger partial charge is 0.450 e. The van der Waals surface area contributed by atoms with Crippen molar-refractivity contribution in [2.75, 3.05) is 6.54 Å². The van der Waals surface area contributed by atoms with Crippen LogP contribution in [0.3, 0.4) is 0 Å². The lowest BCUT2D eigenvalue weighted by Gasteiger charge is -2.37. The Morgan fingerprint density at radius 3 is 2.73 bits per heavy atom. The van der Waals surface area contributed by atoms with Crippen LogP contribution in [0, 0.1) is 6.92 Å². The van der Waals surface area contributed by atoms with Gasteiger partial charge in [0.2, 0.25) is 0 Å². The van der Waals surface area contributed by atoms with E-state index in [1.54, 1.807) is 0 Å². The molecule has 26 heavy (non-hydrogen) atoms. The van der Waals surface area contributed by atoms with Crippen molar-refractivity contribution in [2.24, 2.45) is 5.73 Å². The number of nitrogens with zero attached hydrogens (tertiary/aromatic N) is 1. The first-order valence-electron chi connectivity index (χ1n) is 9.05. The molecule has 2 N–H and O–H groups in total. The van der Waals surface area contributed by atoms with Gasteiger partial charge in [-0.15, -0.1) is 12.4 Å². The molecule has 4 rings (SSSR count). The van der Waals surface area contributed by atoms with Gasteiger partial charge in [0.1, 0.15) is 5.58 Å². The second-order valence-corrected chi connectivity index (χ2v) is 7.14. The molecule has 4 nitrogen and oxygen atoms in total. The summed E-state index contributed by atoms with van der Waals surface area (Å²) in [5.41, 5.74) is 7.85. The van der Waals surface area contributed by atoms with Crippen molar-refractivity contribution >= 4 is 40.1 Å². The minimum Gasteiger partial charge on any atom is -0.450 e. The molecule has 1 amide bonds. The maximum absolute atomic E-state index is 13.2. The van der Waals surface area contributed by atoms with Gasteiger partial charge < -0.3 is 15.1 Å². The zero-order valence-electron chi connectivity index (χ0n) is 15.2. The zero-order valence-corrected chi connectivity index (χ0v) is 16.0. The molecule has 0 bridgehead atoms. The number of amides is 1. The number of carbonyl (C=O) groups excluding carboxylic acids is 1. The second kappa shape index (κ2) is 7.29. The maximum atomic E-state index is 13.2. The van der Waals surface area contributed by atoms with E-state index in [0.29, 0.717) is 5.76 Å². The Morgan fingerprint density at radius 2 is 1.96 bits per heavy atom. The summed E-state index contributed by atoms with van der Waals surface area (Å²) in [5, 5.41) is 3.18. The first-order chi connectivity index (χ1) is 12.1. The van der Waals surface area contributed by atoms with Crippen LogP contribution in [0.25, 0.3) is 21.7 Å². The van der Waals surface area contributed by atoms with E-state index in [1.807, 2.05) is 43.0 Å². The summed E-state index contributed by atoms with van der Waals surface area (Å²) in [7, 11) is 0. The third-order valence-corrected chi connectivity index (χ3v) is 5.44. The van der Waals surface area contributed by atoms with Crippen molar-refractivity contribution < 1.29 is 9.21 Å². The Kier molecular flexibility index (Phi) is 5.26. The Balaban J connectivity index is 0.00000196. The molecule has 0 radical (unpaired) electrons. The summed E-state index contributed by atoms with van der Waals surface area (Å²) < 4.78 is 6.12. The summed E-state index contributed by atoms with van der Waals surface area (Å²) in [6.45, 7) is 4.70. The fourth-order valence-electron chi connectivity index (χ4n) is 4.04. The monoisotopic (exact) mass is 372 g/mol. The van der Waals surface area contributed by atoms with Gasteiger partial charge in [-0.05, 0) is 38.5 Å². The highest BCUT2D eigenvalue weighted by atomic mass is 35.5. The number of benzene rings is 2. The Bertz CT molecular complexity index is 948. The first kappa shape index (κ1) is 18.7. The highest BCUT2D eigenvalue weighted by Gasteiger charge is 2.32. The predicted molar refractivity (Wildman–Crippen MR) is 108 cm³/mol. The lowest BCUT2D eigenvalue weighted by atomic mass is 9.96. The number of likely N-dealkylation sites (tertiary alicyclic amines) is 1. The van der Waals surface area contributed by atoms with Gasteiger partial charge in [-0.2, -0.15) is 0 Å². The van der Waals surface area contributed by atoms with Gasteiger partial charge in [0.25, 0.3) is 5.91 Å². The maximum Gasteiger partial charge on any atom is 0.290 e. The Hall–Kier alpha value is -2.04. The second-order valence-electron chi connectivity index (χ2n) is 7.14. The molecule has 1 aromatic heterocycles. The molecule has 1 fully saturated rings. The van der Waals surface area contributed by atoms with Gasteiger partial charge in [-0.25, -0.2) is 0 Å². The lowest BCUT2D eigenvalue weighted by molar-refractivity contribution is 0.0553. The van der Waals surface area contributed by atoms with Crippen molar-refractivity contribution in [1.82, 2.24) is 4.90 Å². The molecular formula is C21H25ClN2O2. The average molecular weight is 373 g/mol. The van der Waals surface area contributed by atoms with E-state index in [4.69, 9.17) is 10.2 Å². The van der Waals surface area contributed by atoms with E-state index in [1.165, 1.54) is 0 Å². The molecule has 0 saturated carbocycles. The van der Waals surface area contributed by atoms with Gasteiger partial charge >= 0.3 is 0 Å². The molecule has 5 heteroatoms. The summed E-state index contributed by atoms with van der Waals surface area (Å²) in [6, 6.07) is 12.3. The number of furan rings is 1. The topological polar surface area (TPSA) is 59.5 Å². The molecule has 1 aliphatic heterocycles. The predicted octanol–water partition coefficient (Wildman–Crippen LogP) is 4.66. The number of halogens is 1.